The number of hydrogen-bond acceptors (Lipinski definition) is 5. The standard InChI is InChI=1S/C23H16N4OS/c24-14-17-10-12-19(13-11-17)26-16-18(15-25)23(28)27-21-8-4-5-9-22(21)29-20-6-2-1-3-7-20/h1-13,16,26H,(H,27,28)/b18-16-. The Bertz CT molecular complexity index is 1110. The molecule has 0 fully saturated rings. The van der Waals surface area contributed by atoms with Crippen molar-refractivity contribution in [2.75, 3.05) is 10.6 Å². The third-order valence-electron chi connectivity index (χ3n) is 3.87. The number of para-hydroxylation sites is 1. The molecule has 1 amide bonds. The van der Waals surface area contributed by atoms with Crippen molar-refractivity contribution in [1.82, 2.24) is 0 Å². The van der Waals surface area contributed by atoms with Crippen molar-refractivity contribution in [3.8, 4) is 12.1 Å². The number of amides is 1. The van der Waals surface area contributed by atoms with Crippen LogP contribution < -0.4 is 10.6 Å². The highest BCUT2D eigenvalue weighted by Gasteiger charge is 2.12. The summed E-state index contributed by atoms with van der Waals surface area (Å²) in [6.07, 6.45) is 1.35. The van der Waals surface area contributed by atoms with Crippen molar-refractivity contribution in [3.63, 3.8) is 0 Å². The van der Waals surface area contributed by atoms with E-state index in [1.807, 2.05) is 60.7 Å². The lowest BCUT2D eigenvalue weighted by Crippen LogP contribution is -2.15. The van der Waals surface area contributed by atoms with Gasteiger partial charge in [-0.05, 0) is 48.5 Å². The van der Waals surface area contributed by atoms with Crippen LogP contribution in [0, 0.1) is 22.7 Å². The number of nitriles is 2. The molecule has 29 heavy (non-hydrogen) atoms. The minimum absolute atomic E-state index is 0.0612. The third-order valence-corrected chi connectivity index (χ3v) is 4.95. The van der Waals surface area contributed by atoms with Crippen LogP contribution in [-0.2, 0) is 4.79 Å². The SMILES string of the molecule is N#C/C(=C/Nc1ccc(C#N)cc1)C(=O)Nc1ccccc1Sc1ccccc1. The Morgan fingerprint density at radius 2 is 1.59 bits per heavy atom. The first kappa shape index (κ1) is 19.8. The zero-order valence-electron chi connectivity index (χ0n) is 15.3. The van der Waals surface area contributed by atoms with Gasteiger partial charge in [-0.1, -0.05) is 42.1 Å². The maximum absolute atomic E-state index is 12.6. The highest BCUT2D eigenvalue weighted by molar-refractivity contribution is 7.99. The van der Waals surface area contributed by atoms with Gasteiger partial charge in [-0.3, -0.25) is 4.79 Å². The van der Waals surface area contributed by atoms with Gasteiger partial charge >= 0.3 is 0 Å². The summed E-state index contributed by atoms with van der Waals surface area (Å²) in [5, 5.41) is 23.9. The van der Waals surface area contributed by atoms with Crippen molar-refractivity contribution in [2.45, 2.75) is 9.79 Å². The van der Waals surface area contributed by atoms with E-state index in [4.69, 9.17) is 5.26 Å². The van der Waals surface area contributed by atoms with E-state index >= 15 is 0 Å². The normalized spacial score (nSPS) is 10.5. The summed E-state index contributed by atoms with van der Waals surface area (Å²) in [4.78, 5) is 14.5. The van der Waals surface area contributed by atoms with E-state index in [0.717, 1.165) is 9.79 Å². The van der Waals surface area contributed by atoms with Crippen LogP contribution in [0.1, 0.15) is 5.56 Å². The van der Waals surface area contributed by atoms with Gasteiger partial charge in [0, 0.05) is 21.7 Å². The summed E-state index contributed by atoms with van der Waals surface area (Å²) >= 11 is 1.53. The fraction of sp³-hybridized carbons (Fsp3) is 0. The fourth-order valence-electron chi connectivity index (χ4n) is 2.41. The number of benzene rings is 3. The molecular weight excluding hydrogens is 380 g/mol. The Labute approximate surface area is 173 Å². The number of hydrogen-bond donors (Lipinski definition) is 2. The second kappa shape index (κ2) is 9.80. The number of nitrogens with zero attached hydrogens (tertiary/aromatic N) is 2. The minimum Gasteiger partial charge on any atom is -0.360 e. The van der Waals surface area contributed by atoms with Gasteiger partial charge in [0.25, 0.3) is 5.91 Å². The third kappa shape index (κ3) is 5.49. The van der Waals surface area contributed by atoms with Gasteiger partial charge in [-0.15, -0.1) is 0 Å². The van der Waals surface area contributed by atoms with Crippen molar-refractivity contribution in [2.24, 2.45) is 0 Å². The largest absolute Gasteiger partial charge is 0.360 e. The number of carbonyl (C=O) groups is 1. The van der Waals surface area contributed by atoms with Crippen LogP contribution in [0.4, 0.5) is 11.4 Å². The smallest absolute Gasteiger partial charge is 0.267 e. The fourth-order valence-corrected chi connectivity index (χ4v) is 3.33. The Morgan fingerprint density at radius 3 is 2.28 bits per heavy atom. The van der Waals surface area contributed by atoms with Crippen molar-refractivity contribution in [1.29, 1.82) is 10.5 Å². The minimum atomic E-state index is -0.505. The van der Waals surface area contributed by atoms with E-state index in [-0.39, 0.29) is 5.57 Å². The van der Waals surface area contributed by atoms with E-state index in [0.29, 0.717) is 16.9 Å². The van der Waals surface area contributed by atoms with Crippen LogP contribution in [0.15, 0.2) is 100 Å². The number of carbonyl (C=O) groups excluding carboxylic acids is 1. The summed E-state index contributed by atoms with van der Waals surface area (Å²) in [6, 6.07) is 27.9. The molecule has 140 valence electrons. The predicted octanol–water partition coefficient (Wildman–Crippen LogP) is 5.17. The summed E-state index contributed by atoms with van der Waals surface area (Å²) < 4.78 is 0. The molecule has 6 heteroatoms. The molecule has 5 nitrogen and oxygen atoms in total. The molecule has 0 aliphatic heterocycles. The Kier molecular flexibility index (Phi) is 6.67. The van der Waals surface area contributed by atoms with Crippen LogP contribution in [0.2, 0.25) is 0 Å². The number of anilines is 2. The molecule has 0 spiro atoms. The molecule has 3 aromatic rings. The quantitative estimate of drug-likeness (QED) is 0.443. The number of nitrogens with one attached hydrogen (secondary N) is 2. The van der Waals surface area contributed by atoms with Crippen molar-refractivity contribution < 1.29 is 4.79 Å². The van der Waals surface area contributed by atoms with Crippen molar-refractivity contribution >= 4 is 29.0 Å². The highest BCUT2D eigenvalue weighted by atomic mass is 32.2. The van der Waals surface area contributed by atoms with Crippen LogP contribution >= 0.6 is 11.8 Å². The summed E-state index contributed by atoms with van der Waals surface area (Å²) in [7, 11) is 0. The lowest BCUT2D eigenvalue weighted by atomic mass is 10.2. The van der Waals surface area contributed by atoms with Crippen molar-refractivity contribution in [3.05, 3.63) is 96.2 Å². The maximum Gasteiger partial charge on any atom is 0.267 e. The van der Waals surface area contributed by atoms with Crippen LogP contribution in [0.3, 0.4) is 0 Å². The average Bonchev–Trinajstić information content (AvgIpc) is 2.77. The molecule has 0 heterocycles. The van der Waals surface area contributed by atoms with E-state index in [9.17, 15) is 10.1 Å². The molecule has 0 aliphatic rings. The molecule has 0 saturated carbocycles. The molecule has 0 radical (unpaired) electrons. The first-order valence-electron chi connectivity index (χ1n) is 8.70. The molecule has 0 unspecified atom stereocenters. The van der Waals surface area contributed by atoms with Gasteiger partial charge in [0.15, 0.2) is 0 Å². The molecule has 0 saturated heterocycles. The van der Waals surface area contributed by atoms with Gasteiger partial charge in [0.1, 0.15) is 11.6 Å². The summed E-state index contributed by atoms with van der Waals surface area (Å²) in [5.41, 5.74) is 1.77. The van der Waals surface area contributed by atoms with E-state index in [2.05, 4.69) is 10.6 Å². The topological polar surface area (TPSA) is 88.7 Å². The summed E-state index contributed by atoms with van der Waals surface area (Å²) in [5.74, 6) is -0.505. The molecule has 2 N–H and O–H groups in total. The second-order valence-electron chi connectivity index (χ2n) is 5.87. The van der Waals surface area contributed by atoms with E-state index < -0.39 is 5.91 Å². The van der Waals surface area contributed by atoms with Crippen LogP contribution in [-0.4, -0.2) is 5.91 Å². The zero-order chi connectivity index (χ0) is 20.5. The first-order chi connectivity index (χ1) is 14.2. The Balaban J connectivity index is 1.72. The average molecular weight is 396 g/mol. The molecule has 3 aromatic carbocycles. The monoisotopic (exact) mass is 396 g/mol. The van der Waals surface area contributed by atoms with E-state index in [1.54, 1.807) is 30.3 Å². The molecular formula is C23H16N4OS. The highest BCUT2D eigenvalue weighted by Crippen LogP contribution is 2.33. The zero-order valence-corrected chi connectivity index (χ0v) is 16.1. The second-order valence-corrected chi connectivity index (χ2v) is 6.98. The van der Waals surface area contributed by atoms with Gasteiger partial charge in [0.2, 0.25) is 0 Å². The van der Waals surface area contributed by atoms with Crippen LogP contribution in [0.5, 0.6) is 0 Å². The summed E-state index contributed by atoms with van der Waals surface area (Å²) in [6.45, 7) is 0. The van der Waals surface area contributed by atoms with Gasteiger partial charge in [-0.25, -0.2) is 0 Å². The molecule has 0 bridgehead atoms. The van der Waals surface area contributed by atoms with Gasteiger partial charge in [0.05, 0.1) is 17.3 Å². The van der Waals surface area contributed by atoms with E-state index in [1.165, 1.54) is 18.0 Å². The molecule has 0 aromatic heterocycles. The lowest BCUT2D eigenvalue weighted by molar-refractivity contribution is -0.112. The lowest BCUT2D eigenvalue weighted by Gasteiger charge is -2.10. The van der Waals surface area contributed by atoms with Gasteiger partial charge in [-0.2, -0.15) is 10.5 Å². The Morgan fingerprint density at radius 1 is 0.897 bits per heavy atom. The Hall–Kier alpha value is -4.00. The first-order valence-corrected chi connectivity index (χ1v) is 9.51. The molecule has 3 rings (SSSR count). The predicted molar refractivity (Wildman–Crippen MR) is 114 cm³/mol. The molecule has 0 atom stereocenters. The number of rotatable bonds is 6. The van der Waals surface area contributed by atoms with Crippen LogP contribution in [0.25, 0.3) is 0 Å². The molecule has 0 aliphatic carbocycles. The maximum atomic E-state index is 12.6. The van der Waals surface area contributed by atoms with Gasteiger partial charge < -0.3 is 10.6 Å².